The normalized spacial score (nSPS) is 23.0. The van der Waals surface area contributed by atoms with E-state index in [9.17, 15) is 0 Å². The third-order valence-electron chi connectivity index (χ3n) is 3.48. The van der Waals surface area contributed by atoms with Crippen LogP contribution >= 0.6 is 11.8 Å². The average Bonchev–Trinajstić information content (AvgIpc) is 2.63. The lowest BCUT2D eigenvalue weighted by molar-refractivity contribution is 0.259. The molecule has 0 spiro atoms. The number of thioether (sulfide) groups is 1. The van der Waals surface area contributed by atoms with Crippen molar-refractivity contribution in [2.45, 2.75) is 19.4 Å². The summed E-state index contributed by atoms with van der Waals surface area (Å²) in [6.45, 7) is 4.56. The topological polar surface area (TPSA) is 21.3 Å². The van der Waals surface area contributed by atoms with Gasteiger partial charge in [0.25, 0.3) is 0 Å². The first kappa shape index (κ1) is 11.4. The van der Waals surface area contributed by atoms with Gasteiger partial charge in [0, 0.05) is 12.2 Å². The fourth-order valence-electron chi connectivity index (χ4n) is 2.37. The lowest BCUT2D eigenvalue weighted by Crippen LogP contribution is -2.43. The first-order valence-electron chi connectivity index (χ1n) is 6.36. The number of rotatable bonds is 4. The minimum atomic E-state index is 0.393. The van der Waals surface area contributed by atoms with E-state index in [1.165, 1.54) is 30.0 Å². The molecule has 1 saturated heterocycles. The van der Waals surface area contributed by atoms with Gasteiger partial charge in [-0.2, -0.15) is 11.8 Å². The Labute approximate surface area is 107 Å². The molecule has 17 heavy (non-hydrogen) atoms. The number of hydrogen-bond donors (Lipinski definition) is 1. The van der Waals surface area contributed by atoms with Crippen molar-refractivity contribution in [3.05, 3.63) is 29.3 Å². The molecule has 2 nitrogen and oxygen atoms in total. The van der Waals surface area contributed by atoms with E-state index in [4.69, 9.17) is 4.74 Å². The van der Waals surface area contributed by atoms with Crippen LogP contribution < -0.4 is 10.1 Å². The van der Waals surface area contributed by atoms with Crippen LogP contribution in [0.2, 0.25) is 0 Å². The van der Waals surface area contributed by atoms with Gasteiger partial charge in [0.1, 0.15) is 11.9 Å². The summed E-state index contributed by atoms with van der Waals surface area (Å²) in [5.41, 5.74) is 2.72. The summed E-state index contributed by atoms with van der Waals surface area (Å²) in [7, 11) is 0. The average molecular weight is 249 g/mol. The number of benzene rings is 1. The number of fused-ring (bicyclic) bond motifs is 1. The molecular formula is C14H19NOS. The monoisotopic (exact) mass is 249 g/mol. The van der Waals surface area contributed by atoms with Crippen molar-refractivity contribution in [3.8, 4) is 5.75 Å². The maximum atomic E-state index is 5.96. The molecule has 1 N–H and O–H groups in total. The number of hydrogen-bond acceptors (Lipinski definition) is 3. The molecule has 0 amide bonds. The van der Waals surface area contributed by atoms with Crippen LogP contribution in [0.3, 0.4) is 0 Å². The van der Waals surface area contributed by atoms with E-state index in [1.54, 1.807) is 0 Å². The molecule has 1 fully saturated rings. The Bertz CT molecular complexity index is 403. The van der Waals surface area contributed by atoms with Crippen LogP contribution in [0.1, 0.15) is 11.1 Å². The second kappa shape index (κ2) is 4.91. The molecule has 92 valence electrons. The fraction of sp³-hybridized carbons (Fsp3) is 0.571. The molecule has 1 atom stereocenters. The highest BCUT2D eigenvalue weighted by molar-refractivity contribution is 7.99. The van der Waals surface area contributed by atoms with Gasteiger partial charge in [-0.25, -0.2) is 0 Å². The molecule has 0 aliphatic carbocycles. The van der Waals surface area contributed by atoms with E-state index in [-0.39, 0.29) is 0 Å². The Balaban J connectivity index is 1.48. The minimum absolute atomic E-state index is 0.393. The van der Waals surface area contributed by atoms with E-state index in [2.05, 4.69) is 30.4 Å². The van der Waals surface area contributed by atoms with Gasteiger partial charge in [-0.05, 0) is 43.3 Å². The molecule has 0 saturated carbocycles. The van der Waals surface area contributed by atoms with Crippen LogP contribution in [-0.4, -0.2) is 30.7 Å². The van der Waals surface area contributed by atoms with Crippen LogP contribution in [-0.2, 0) is 6.42 Å². The molecule has 1 aromatic rings. The van der Waals surface area contributed by atoms with E-state index in [0.717, 1.165) is 23.8 Å². The number of ether oxygens (including phenoxy) is 1. The zero-order valence-electron chi connectivity index (χ0n) is 10.2. The lowest BCUT2D eigenvalue weighted by Gasteiger charge is -2.26. The summed E-state index contributed by atoms with van der Waals surface area (Å²) >= 11 is 2.04. The van der Waals surface area contributed by atoms with Crippen LogP contribution in [0.25, 0.3) is 0 Å². The highest BCUT2D eigenvalue weighted by Crippen LogP contribution is 2.31. The molecule has 0 radical (unpaired) electrons. The highest BCUT2D eigenvalue weighted by atomic mass is 32.2. The van der Waals surface area contributed by atoms with E-state index in [1.807, 2.05) is 11.8 Å². The van der Waals surface area contributed by atoms with Crippen LogP contribution in [0, 0.1) is 12.8 Å². The van der Waals surface area contributed by atoms with Crippen molar-refractivity contribution in [1.29, 1.82) is 0 Å². The van der Waals surface area contributed by atoms with Crippen molar-refractivity contribution in [1.82, 2.24) is 5.32 Å². The Morgan fingerprint density at radius 3 is 3.00 bits per heavy atom. The summed E-state index contributed by atoms with van der Waals surface area (Å²) in [4.78, 5) is 0. The molecule has 1 aromatic carbocycles. The molecule has 3 heteroatoms. The molecule has 1 unspecified atom stereocenters. The van der Waals surface area contributed by atoms with Gasteiger partial charge in [0.05, 0.1) is 0 Å². The predicted octanol–water partition coefficient (Wildman–Crippen LogP) is 2.25. The van der Waals surface area contributed by atoms with Crippen LogP contribution in [0.15, 0.2) is 18.2 Å². The molecule has 0 aromatic heterocycles. The first-order chi connectivity index (χ1) is 8.31. The zero-order chi connectivity index (χ0) is 11.7. The Hall–Kier alpha value is -0.670. The smallest absolute Gasteiger partial charge is 0.123 e. The number of nitrogens with one attached hydrogen (secondary N) is 1. The Kier molecular flexibility index (Phi) is 3.30. The second-order valence-corrected chi connectivity index (χ2v) is 6.19. The first-order valence-corrected chi connectivity index (χ1v) is 7.51. The molecular weight excluding hydrogens is 230 g/mol. The van der Waals surface area contributed by atoms with Crippen molar-refractivity contribution < 1.29 is 4.74 Å². The maximum absolute atomic E-state index is 5.96. The minimum Gasteiger partial charge on any atom is -0.489 e. The van der Waals surface area contributed by atoms with E-state index < -0.39 is 0 Å². The fourth-order valence-corrected chi connectivity index (χ4v) is 3.53. The summed E-state index contributed by atoms with van der Waals surface area (Å²) in [5.74, 6) is 4.41. The largest absolute Gasteiger partial charge is 0.489 e. The molecule has 2 heterocycles. The lowest BCUT2D eigenvalue weighted by atomic mass is 10.1. The summed E-state index contributed by atoms with van der Waals surface area (Å²) in [6, 6.07) is 6.51. The maximum Gasteiger partial charge on any atom is 0.123 e. The van der Waals surface area contributed by atoms with Gasteiger partial charge in [-0.1, -0.05) is 17.7 Å². The van der Waals surface area contributed by atoms with Crippen molar-refractivity contribution in [3.63, 3.8) is 0 Å². The van der Waals surface area contributed by atoms with Crippen molar-refractivity contribution >= 4 is 11.8 Å². The van der Waals surface area contributed by atoms with Gasteiger partial charge in [-0.3, -0.25) is 0 Å². The van der Waals surface area contributed by atoms with E-state index in [0.29, 0.717) is 6.10 Å². The van der Waals surface area contributed by atoms with Gasteiger partial charge in [0.15, 0.2) is 0 Å². The van der Waals surface area contributed by atoms with Crippen LogP contribution in [0.5, 0.6) is 5.75 Å². The summed E-state index contributed by atoms with van der Waals surface area (Å²) in [6.07, 6.45) is 1.48. The van der Waals surface area contributed by atoms with Gasteiger partial charge < -0.3 is 10.1 Å². The highest BCUT2D eigenvalue weighted by Gasteiger charge is 2.23. The van der Waals surface area contributed by atoms with Gasteiger partial charge in [0.2, 0.25) is 0 Å². The molecule has 3 rings (SSSR count). The second-order valence-electron chi connectivity index (χ2n) is 5.12. The van der Waals surface area contributed by atoms with Crippen LogP contribution in [0.4, 0.5) is 0 Å². The molecule has 2 aliphatic rings. The van der Waals surface area contributed by atoms with E-state index >= 15 is 0 Å². The predicted molar refractivity (Wildman–Crippen MR) is 73.0 cm³/mol. The third kappa shape index (κ3) is 2.61. The summed E-state index contributed by atoms with van der Waals surface area (Å²) < 4.78 is 5.96. The standard InChI is InChI=1S/C14H19NOS/c1-10-2-3-14-12(4-10)5-13(16-14)9-17-8-11-6-15-7-11/h2-4,11,13,15H,5-9H2,1H3. The quantitative estimate of drug-likeness (QED) is 0.884. The van der Waals surface area contributed by atoms with Crippen molar-refractivity contribution in [2.24, 2.45) is 5.92 Å². The third-order valence-corrected chi connectivity index (χ3v) is 4.80. The Morgan fingerprint density at radius 2 is 2.24 bits per heavy atom. The zero-order valence-corrected chi connectivity index (χ0v) is 11.1. The molecule has 0 bridgehead atoms. The summed E-state index contributed by atoms with van der Waals surface area (Å²) in [5, 5.41) is 3.32. The molecule has 2 aliphatic heterocycles. The SMILES string of the molecule is Cc1ccc2c(c1)CC(CSCC1CNC1)O2. The van der Waals surface area contributed by atoms with Gasteiger partial charge in [-0.15, -0.1) is 0 Å². The van der Waals surface area contributed by atoms with Crippen molar-refractivity contribution in [2.75, 3.05) is 24.6 Å². The number of aryl methyl sites for hydroxylation is 1. The van der Waals surface area contributed by atoms with Gasteiger partial charge >= 0.3 is 0 Å². The Morgan fingerprint density at radius 1 is 1.35 bits per heavy atom.